The van der Waals surface area contributed by atoms with Gasteiger partial charge in [0.15, 0.2) is 0 Å². The molecule has 5 atom stereocenters. The summed E-state index contributed by atoms with van der Waals surface area (Å²) in [5.74, 6) is -4.05. The molecule has 5 rings (SSSR count). The van der Waals surface area contributed by atoms with Crippen molar-refractivity contribution in [2.45, 2.75) is 107 Å². The summed E-state index contributed by atoms with van der Waals surface area (Å²) in [6.45, 7) is 9.27. The van der Waals surface area contributed by atoms with Crippen LogP contribution in [0.5, 0.6) is 0 Å². The van der Waals surface area contributed by atoms with Crippen LogP contribution in [-0.2, 0) is 51.8 Å². The summed E-state index contributed by atoms with van der Waals surface area (Å²) in [6.07, 6.45) is -0.697. The van der Waals surface area contributed by atoms with Crippen molar-refractivity contribution < 1.29 is 51.0 Å². The Bertz CT molecular complexity index is 1760. The van der Waals surface area contributed by atoms with E-state index in [1.807, 2.05) is 0 Å². The number of amides is 6. The number of nitrogens with one attached hydrogen (secondary N) is 4. The maximum atomic E-state index is 14.4. The molecule has 1 unspecified atom stereocenters. The molecule has 3 fully saturated rings. The fourth-order valence-electron chi connectivity index (χ4n) is 6.52. The Hall–Kier alpha value is -4.74. The quantitative estimate of drug-likeness (QED) is 0.226. The van der Waals surface area contributed by atoms with Crippen LogP contribution in [0.4, 0.5) is 14.0 Å². The van der Waals surface area contributed by atoms with Crippen LogP contribution >= 0.6 is 0 Å². The lowest BCUT2D eigenvalue weighted by atomic mass is 10.1. The summed E-state index contributed by atoms with van der Waals surface area (Å²) in [4.78, 5) is 82.2. The summed E-state index contributed by atoms with van der Waals surface area (Å²) >= 11 is 0. The number of sulfonamides is 1. The minimum absolute atomic E-state index is 0.0508. The molecule has 1 aromatic rings. The van der Waals surface area contributed by atoms with Crippen LogP contribution in [0.2, 0.25) is 0 Å². The molecule has 16 nitrogen and oxygen atoms in total. The normalized spacial score (nSPS) is 24.2. The summed E-state index contributed by atoms with van der Waals surface area (Å²) in [5, 5.41) is 6.89. The van der Waals surface area contributed by atoms with Gasteiger partial charge in [0.25, 0.3) is 5.91 Å². The number of rotatable bonds is 12. The molecule has 2 aliphatic heterocycles. The van der Waals surface area contributed by atoms with E-state index in [0.717, 1.165) is 11.0 Å². The number of nitrogens with zero attached hydrogens (tertiary/aromatic N) is 2. The van der Waals surface area contributed by atoms with Gasteiger partial charge in [-0.3, -0.25) is 28.8 Å². The van der Waals surface area contributed by atoms with E-state index >= 15 is 0 Å². The minimum Gasteiger partial charge on any atom is -0.444 e. The number of ether oxygens (including phenoxy) is 2. The third kappa shape index (κ3) is 8.65. The van der Waals surface area contributed by atoms with Crippen molar-refractivity contribution >= 4 is 45.8 Å². The number of hydrogen-bond donors (Lipinski definition) is 4. The lowest BCUT2D eigenvalue weighted by Crippen LogP contribution is -2.59. The number of benzene rings is 1. The van der Waals surface area contributed by atoms with E-state index < -0.39 is 98.7 Å². The molecule has 0 bridgehead atoms. The second-order valence-corrected chi connectivity index (χ2v) is 16.5. The zero-order valence-electron chi connectivity index (χ0n) is 29.5. The summed E-state index contributed by atoms with van der Waals surface area (Å²) in [5.41, 5.74) is -1.55. The first-order chi connectivity index (χ1) is 24.4. The first kappa shape index (κ1) is 38.5. The predicted molar refractivity (Wildman–Crippen MR) is 182 cm³/mol. The highest BCUT2D eigenvalue weighted by molar-refractivity contribution is 7.91. The maximum Gasteiger partial charge on any atom is 0.410 e. The number of alkyl carbamates (subject to hydrolysis) is 1. The van der Waals surface area contributed by atoms with Crippen molar-refractivity contribution in [2.24, 2.45) is 5.92 Å². The van der Waals surface area contributed by atoms with Gasteiger partial charge in [0.05, 0.1) is 18.3 Å². The van der Waals surface area contributed by atoms with Crippen LogP contribution in [0.1, 0.15) is 70.9 Å². The van der Waals surface area contributed by atoms with E-state index in [-0.39, 0.29) is 32.5 Å². The zero-order chi connectivity index (χ0) is 38.2. The number of carbonyl (C=O) groups excluding carboxylic acids is 6. The molecular formula is C34H45FN6O10S. The molecule has 2 heterocycles. The number of carbonyl (C=O) groups is 6. The van der Waals surface area contributed by atoms with Crippen LogP contribution in [0.25, 0.3) is 0 Å². The molecule has 0 radical (unpaired) electrons. The molecule has 0 aromatic heterocycles. The third-order valence-electron chi connectivity index (χ3n) is 9.50. The van der Waals surface area contributed by atoms with Crippen LogP contribution in [0, 0.1) is 11.7 Å². The second-order valence-electron chi connectivity index (χ2n) is 14.6. The molecule has 52 heavy (non-hydrogen) atoms. The molecule has 4 aliphatic rings. The fourth-order valence-corrected chi connectivity index (χ4v) is 7.89. The van der Waals surface area contributed by atoms with Gasteiger partial charge >= 0.3 is 12.2 Å². The van der Waals surface area contributed by atoms with Gasteiger partial charge in [-0.2, -0.15) is 0 Å². The van der Waals surface area contributed by atoms with E-state index in [2.05, 4.69) is 27.3 Å². The highest BCUT2D eigenvalue weighted by Crippen LogP contribution is 2.47. The summed E-state index contributed by atoms with van der Waals surface area (Å²) in [6, 6.07) is 1.68. The Balaban J connectivity index is 1.38. The topological polar surface area (TPSA) is 210 Å². The lowest BCUT2D eigenvalue weighted by Gasteiger charge is -2.30. The summed E-state index contributed by atoms with van der Waals surface area (Å²) < 4.78 is 52.8. The molecule has 0 spiro atoms. The van der Waals surface area contributed by atoms with Crippen LogP contribution in [0.15, 0.2) is 30.9 Å². The first-order valence-corrected chi connectivity index (χ1v) is 18.7. The largest absolute Gasteiger partial charge is 0.444 e. The van der Waals surface area contributed by atoms with Crippen LogP contribution in [-0.4, -0.2) is 102 Å². The molecule has 4 N–H and O–H groups in total. The van der Waals surface area contributed by atoms with Gasteiger partial charge in [-0.15, -0.1) is 0 Å². The smallest absolute Gasteiger partial charge is 0.410 e. The molecule has 18 heteroatoms. The maximum absolute atomic E-state index is 14.4. The zero-order valence-corrected chi connectivity index (χ0v) is 30.3. The molecule has 284 valence electrons. The Morgan fingerprint density at radius 3 is 2.44 bits per heavy atom. The highest BCUT2D eigenvalue weighted by Gasteiger charge is 2.62. The molecule has 6 amide bonds. The predicted octanol–water partition coefficient (Wildman–Crippen LogP) is 1.34. The van der Waals surface area contributed by atoms with Gasteiger partial charge in [-0.25, -0.2) is 22.4 Å². The second kappa shape index (κ2) is 14.7. The molecule has 2 aliphatic carbocycles. The average Bonchev–Trinajstić information content (AvgIpc) is 3.96. The number of halogens is 1. The SMILES string of the molecule is C=CC(=O)NC[C@H](NC(=O)OC(C)(C)C)C(=O)N1C[C@H](OC(=O)N2Cc3cccc(F)c3C2)CC1C(=O)N[C@]1(C(=O)NS(=O)(=O)C2CC2)C[C@H]1CC. The minimum atomic E-state index is -3.94. The van der Waals surface area contributed by atoms with Crippen molar-refractivity contribution in [1.82, 2.24) is 30.5 Å². The van der Waals surface area contributed by atoms with E-state index in [9.17, 15) is 41.6 Å². The van der Waals surface area contributed by atoms with Crippen molar-refractivity contribution in [1.29, 1.82) is 0 Å². The number of hydrogen-bond acceptors (Lipinski definition) is 10. The molecule has 1 aromatic carbocycles. The number of fused-ring (bicyclic) bond motifs is 1. The number of likely N-dealkylation sites (tertiary alicyclic amines) is 1. The van der Waals surface area contributed by atoms with Gasteiger partial charge in [-0.1, -0.05) is 32.1 Å². The van der Waals surface area contributed by atoms with Gasteiger partial charge in [-0.05, 0) is 63.7 Å². The molecule has 1 saturated heterocycles. The van der Waals surface area contributed by atoms with Crippen molar-refractivity contribution in [3.8, 4) is 0 Å². The van der Waals surface area contributed by atoms with Crippen LogP contribution < -0.4 is 20.7 Å². The molecule has 2 saturated carbocycles. The van der Waals surface area contributed by atoms with E-state index in [1.54, 1.807) is 33.8 Å². The Labute approximate surface area is 301 Å². The van der Waals surface area contributed by atoms with Gasteiger partial charge < -0.3 is 30.3 Å². The van der Waals surface area contributed by atoms with Gasteiger partial charge in [0.2, 0.25) is 27.7 Å². The van der Waals surface area contributed by atoms with Crippen molar-refractivity contribution in [3.63, 3.8) is 0 Å². The van der Waals surface area contributed by atoms with Crippen molar-refractivity contribution in [3.05, 3.63) is 47.8 Å². The van der Waals surface area contributed by atoms with E-state index in [4.69, 9.17) is 9.47 Å². The third-order valence-corrected chi connectivity index (χ3v) is 11.3. The van der Waals surface area contributed by atoms with E-state index in [1.165, 1.54) is 17.0 Å². The Kier molecular flexibility index (Phi) is 10.9. The lowest BCUT2D eigenvalue weighted by molar-refractivity contribution is -0.141. The monoisotopic (exact) mass is 748 g/mol. The standard InChI is InChI=1S/C34H45FN6O10S/c1-6-20-14-34(20,30(45)39-52(48,49)22-11-12-22)38-28(43)26-13-21(50-32(47)40-16-19-9-8-10-24(35)23(19)18-40)17-41(26)29(44)25(15-36-27(42)7-2)37-31(46)51-33(3,4)5/h7-10,20-22,25-26H,2,6,11-18H2,1,3-5H3,(H,36,42)(H,37,46)(H,38,43)(H,39,45)/t20-,21-,25+,26?,34-/m1/s1. The summed E-state index contributed by atoms with van der Waals surface area (Å²) in [7, 11) is -3.94. The average molecular weight is 749 g/mol. The highest BCUT2D eigenvalue weighted by atomic mass is 32.2. The van der Waals surface area contributed by atoms with Crippen molar-refractivity contribution in [2.75, 3.05) is 13.1 Å². The van der Waals surface area contributed by atoms with Crippen LogP contribution in [0.3, 0.4) is 0 Å². The first-order valence-electron chi connectivity index (χ1n) is 17.2. The van der Waals surface area contributed by atoms with Gasteiger partial charge in [0.1, 0.15) is 35.1 Å². The molecular weight excluding hydrogens is 703 g/mol. The van der Waals surface area contributed by atoms with E-state index in [0.29, 0.717) is 30.4 Å². The fraction of sp³-hybridized carbons (Fsp3) is 0.588. The van der Waals surface area contributed by atoms with Gasteiger partial charge in [0, 0.05) is 25.1 Å². The Morgan fingerprint density at radius 1 is 1.13 bits per heavy atom. The Morgan fingerprint density at radius 2 is 1.85 bits per heavy atom.